The van der Waals surface area contributed by atoms with Gasteiger partial charge in [-0.3, -0.25) is 9.89 Å². The van der Waals surface area contributed by atoms with Crippen LogP contribution in [-0.4, -0.2) is 75.3 Å². The number of hydrogen-bond donors (Lipinski definition) is 1. The highest BCUT2D eigenvalue weighted by Crippen LogP contribution is 2.46. The molecule has 3 aliphatic rings. The van der Waals surface area contributed by atoms with Crippen molar-refractivity contribution in [3.05, 3.63) is 35.9 Å². The van der Waals surface area contributed by atoms with E-state index in [1.165, 1.54) is 24.9 Å². The maximum Gasteiger partial charge on any atom is 0.193 e. The minimum absolute atomic E-state index is 0. The Hall–Kier alpha value is -0.860. The van der Waals surface area contributed by atoms with Crippen LogP contribution < -0.4 is 5.32 Å². The van der Waals surface area contributed by atoms with Crippen LogP contribution in [0, 0.1) is 11.8 Å². The zero-order chi connectivity index (χ0) is 17.8. The molecule has 0 aromatic heterocycles. The summed E-state index contributed by atoms with van der Waals surface area (Å²) in [6.45, 7) is 8.46. The van der Waals surface area contributed by atoms with Gasteiger partial charge in [0.05, 0.1) is 13.2 Å². The van der Waals surface area contributed by atoms with Crippen LogP contribution in [0.1, 0.15) is 24.3 Å². The smallest absolute Gasteiger partial charge is 0.193 e. The van der Waals surface area contributed by atoms with Gasteiger partial charge in [-0.2, -0.15) is 0 Å². The van der Waals surface area contributed by atoms with Crippen molar-refractivity contribution in [1.82, 2.24) is 15.1 Å². The van der Waals surface area contributed by atoms with E-state index in [1.54, 1.807) is 0 Å². The highest BCUT2D eigenvalue weighted by molar-refractivity contribution is 14.0. The predicted octanol–water partition coefficient (Wildman–Crippen LogP) is 2.64. The molecule has 2 aliphatic heterocycles. The van der Waals surface area contributed by atoms with Crippen LogP contribution in [0.5, 0.6) is 0 Å². The van der Waals surface area contributed by atoms with E-state index in [0.29, 0.717) is 0 Å². The quantitative estimate of drug-likeness (QED) is 0.397. The molecule has 0 spiro atoms. The highest BCUT2D eigenvalue weighted by atomic mass is 127. The number of likely N-dealkylation sites (tertiary alicyclic amines) is 1. The Balaban J connectivity index is 0.00000210. The third-order valence-electron chi connectivity index (χ3n) is 6.09. The summed E-state index contributed by atoms with van der Waals surface area (Å²) in [6.07, 6.45) is 2.57. The van der Waals surface area contributed by atoms with Gasteiger partial charge in [-0.15, -0.1) is 24.0 Å². The van der Waals surface area contributed by atoms with Crippen molar-refractivity contribution >= 4 is 29.9 Å². The molecule has 3 unspecified atom stereocenters. The average Bonchev–Trinajstić information content (AvgIpc) is 3.33. The van der Waals surface area contributed by atoms with Crippen molar-refractivity contribution in [2.45, 2.75) is 18.8 Å². The second-order valence-corrected chi connectivity index (χ2v) is 7.95. The monoisotopic (exact) mass is 484 g/mol. The highest BCUT2D eigenvalue weighted by Gasteiger charge is 2.38. The van der Waals surface area contributed by atoms with Crippen molar-refractivity contribution in [3.63, 3.8) is 0 Å². The van der Waals surface area contributed by atoms with Gasteiger partial charge in [-0.25, -0.2) is 0 Å². The van der Waals surface area contributed by atoms with Gasteiger partial charge in [-0.05, 0) is 36.2 Å². The van der Waals surface area contributed by atoms with E-state index in [9.17, 15) is 0 Å². The molecule has 0 bridgehead atoms. The average molecular weight is 484 g/mol. The van der Waals surface area contributed by atoms with E-state index in [2.05, 4.69) is 50.4 Å². The molecule has 0 radical (unpaired) electrons. The van der Waals surface area contributed by atoms with Crippen molar-refractivity contribution in [1.29, 1.82) is 0 Å². The number of nitrogens with zero attached hydrogens (tertiary/aromatic N) is 3. The Morgan fingerprint density at radius 1 is 1.19 bits per heavy atom. The molecule has 2 heterocycles. The fourth-order valence-corrected chi connectivity index (χ4v) is 4.46. The summed E-state index contributed by atoms with van der Waals surface area (Å²) in [6, 6.07) is 10.9. The molecule has 1 aromatic carbocycles. The maximum atomic E-state index is 5.46. The molecular formula is C21H33IN4O. The van der Waals surface area contributed by atoms with E-state index >= 15 is 0 Å². The fourth-order valence-electron chi connectivity index (χ4n) is 4.46. The van der Waals surface area contributed by atoms with Gasteiger partial charge < -0.3 is 15.0 Å². The van der Waals surface area contributed by atoms with Crippen LogP contribution in [0.25, 0.3) is 0 Å². The van der Waals surface area contributed by atoms with E-state index in [0.717, 1.165) is 69.7 Å². The van der Waals surface area contributed by atoms with Crippen LogP contribution in [0.15, 0.2) is 35.3 Å². The fraction of sp³-hybridized carbons (Fsp3) is 0.667. The lowest BCUT2D eigenvalue weighted by Gasteiger charge is -2.29. The SMILES string of the molecule is CN=C(NCC1CC1c1ccccc1)N1CCC(CN2CCOCC2)C1.I. The molecule has 4 rings (SSSR count). The standard InChI is InChI=1S/C21H32N4O.HI/c1-22-21(23-14-19-13-20(19)18-5-3-2-4-6-18)25-8-7-17(16-25)15-24-9-11-26-12-10-24;/h2-6,17,19-20H,7-16H2,1H3,(H,22,23);1H. The summed E-state index contributed by atoms with van der Waals surface area (Å²) in [5, 5.41) is 3.64. The summed E-state index contributed by atoms with van der Waals surface area (Å²) >= 11 is 0. The second-order valence-electron chi connectivity index (χ2n) is 7.95. The normalized spacial score (nSPS) is 28.7. The Kier molecular flexibility index (Phi) is 7.78. The second kappa shape index (κ2) is 10.1. The minimum Gasteiger partial charge on any atom is -0.379 e. The first-order valence-corrected chi connectivity index (χ1v) is 10.1. The topological polar surface area (TPSA) is 40.1 Å². The van der Waals surface area contributed by atoms with Gasteiger partial charge in [0.15, 0.2) is 5.96 Å². The van der Waals surface area contributed by atoms with Gasteiger partial charge in [0.1, 0.15) is 0 Å². The molecule has 3 atom stereocenters. The molecule has 5 nitrogen and oxygen atoms in total. The Labute approximate surface area is 180 Å². The lowest BCUT2D eigenvalue weighted by molar-refractivity contribution is 0.0315. The molecule has 6 heteroatoms. The maximum absolute atomic E-state index is 5.46. The van der Waals surface area contributed by atoms with Crippen molar-refractivity contribution in [2.75, 3.05) is 59.5 Å². The first-order chi connectivity index (χ1) is 12.8. The van der Waals surface area contributed by atoms with Gasteiger partial charge in [0.25, 0.3) is 0 Å². The van der Waals surface area contributed by atoms with Crippen molar-refractivity contribution in [2.24, 2.45) is 16.8 Å². The number of guanidine groups is 1. The van der Waals surface area contributed by atoms with E-state index in [-0.39, 0.29) is 24.0 Å². The molecule has 27 heavy (non-hydrogen) atoms. The van der Waals surface area contributed by atoms with Gasteiger partial charge >= 0.3 is 0 Å². The van der Waals surface area contributed by atoms with Crippen molar-refractivity contribution < 1.29 is 4.74 Å². The molecular weight excluding hydrogens is 451 g/mol. The van der Waals surface area contributed by atoms with E-state index in [1.807, 2.05) is 7.05 Å². The van der Waals surface area contributed by atoms with E-state index in [4.69, 9.17) is 4.74 Å². The predicted molar refractivity (Wildman–Crippen MR) is 121 cm³/mol. The van der Waals surface area contributed by atoms with Crippen LogP contribution in [-0.2, 0) is 4.74 Å². The lowest BCUT2D eigenvalue weighted by atomic mass is 10.1. The Morgan fingerprint density at radius 3 is 2.70 bits per heavy atom. The minimum atomic E-state index is 0. The number of benzene rings is 1. The molecule has 3 fully saturated rings. The number of hydrogen-bond acceptors (Lipinski definition) is 3. The molecule has 1 saturated carbocycles. The molecule has 1 aliphatic carbocycles. The first kappa shape index (κ1) is 20.9. The van der Waals surface area contributed by atoms with Crippen LogP contribution in [0.2, 0.25) is 0 Å². The van der Waals surface area contributed by atoms with Crippen molar-refractivity contribution in [3.8, 4) is 0 Å². The van der Waals surface area contributed by atoms with E-state index < -0.39 is 0 Å². The summed E-state index contributed by atoms with van der Waals surface area (Å²) in [7, 11) is 1.92. The molecule has 1 N–H and O–H groups in total. The molecule has 0 amide bonds. The van der Waals surface area contributed by atoms with Crippen LogP contribution in [0.4, 0.5) is 0 Å². The number of rotatable bonds is 5. The largest absolute Gasteiger partial charge is 0.379 e. The summed E-state index contributed by atoms with van der Waals surface area (Å²) in [5.74, 6) is 3.33. The number of halogens is 1. The lowest BCUT2D eigenvalue weighted by Crippen LogP contribution is -2.43. The van der Waals surface area contributed by atoms with Gasteiger partial charge in [-0.1, -0.05) is 30.3 Å². The summed E-state index contributed by atoms with van der Waals surface area (Å²) < 4.78 is 5.46. The Bertz CT molecular complexity index is 605. The zero-order valence-corrected chi connectivity index (χ0v) is 18.7. The summed E-state index contributed by atoms with van der Waals surface area (Å²) in [4.78, 5) is 9.55. The summed E-state index contributed by atoms with van der Waals surface area (Å²) in [5.41, 5.74) is 1.49. The molecule has 2 saturated heterocycles. The molecule has 150 valence electrons. The zero-order valence-electron chi connectivity index (χ0n) is 16.3. The number of nitrogens with one attached hydrogen (secondary N) is 1. The first-order valence-electron chi connectivity index (χ1n) is 10.1. The molecule has 1 aromatic rings. The van der Waals surface area contributed by atoms with Gasteiger partial charge in [0.2, 0.25) is 0 Å². The number of aliphatic imine (C=N–C) groups is 1. The Morgan fingerprint density at radius 2 is 1.96 bits per heavy atom. The van der Waals surface area contributed by atoms with Gasteiger partial charge in [0, 0.05) is 46.3 Å². The van der Waals surface area contributed by atoms with Crippen LogP contribution in [0.3, 0.4) is 0 Å². The number of morpholine rings is 1. The van der Waals surface area contributed by atoms with Crippen LogP contribution >= 0.6 is 24.0 Å². The third kappa shape index (κ3) is 5.57. The third-order valence-corrected chi connectivity index (χ3v) is 6.09. The number of ether oxygens (including phenoxy) is 1.